The maximum absolute atomic E-state index is 12.8. The van der Waals surface area contributed by atoms with Gasteiger partial charge in [0.2, 0.25) is 5.91 Å². The second kappa shape index (κ2) is 9.12. The summed E-state index contributed by atoms with van der Waals surface area (Å²) in [6.07, 6.45) is 0.385. The number of alkyl carbamates (subject to hydrolysis) is 1. The molecule has 2 aliphatic carbocycles. The molecule has 0 aromatic heterocycles. The van der Waals surface area contributed by atoms with Crippen molar-refractivity contribution in [2.75, 3.05) is 26.2 Å². The molecule has 7 nitrogen and oxygen atoms in total. The third-order valence-electron chi connectivity index (χ3n) is 7.61. The van der Waals surface area contributed by atoms with E-state index in [1.165, 1.54) is 22.3 Å². The van der Waals surface area contributed by atoms with Gasteiger partial charge in [-0.15, -0.1) is 0 Å². The fourth-order valence-corrected chi connectivity index (χ4v) is 5.58. The number of benzene rings is 2. The van der Waals surface area contributed by atoms with Crippen LogP contribution in [0.4, 0.5) is 4.79 Å². The third kappa shape index (κ3) is 4.39. The first-order valence-electron chi connectivity index (χ1n) is 12.0. The van der Waals surface area contributed by atoms with Crippen molar-refractivity contribution in [3.8, 4) is 11.1 Å². The molecule has 2 aromatic carbocycles. The van der Waals surface area contributed by atoms with Gasteiger partial charge in [0.05, 0.1) is 6.42 Å². The van der Waals surface area contributed by atoms with E-state index < -0.39 is 12.1 Å². The topological polar surface area (TPSA) is 95.9 Å². The van der Waals surface area contributed by atoms with Crippen molar-refractivity contribution in [1.29, 1.82) is 0 Å². The number of nitrogens with zero attached hydrogens (tertiary/aromatic N) is 1. The van der Waals surface area contributed by atoms with E-state index in [2.05, 4.69) is 29.6 Å². The number of likely N-dealkylation sites (tertiary alicyclic amines) is 1. The first-order valence-corrected chi connectivity index (χ1v) is 12.0. The van der Waals surface area contributed by atoms with Gasteiger partial charge >= 0.3 is 12.1 Å². The third-order valence-corrected chi connectivity index (χ3v) is 7.61. The molecule has 2 N–H and O–H groups in total. The van der Waals surface area contributed by atoms with Gasteiger partial charge in [0.25, 0.3) is 0 Å². The lowest BCUT2D eigenvalue weighted by Crippen LogP contribution is -2.33. The van der Waals surface area contributed by atoms with Crippen LogP contribution >= 0.6 is 0 Å². The maximum Gasteiger partial charge on any atom is 0.407 e. The molecule has 5 rings (SSSR count). The van der Waals surface area contributed by atoms with E-state index in [0.29, 0.717) is 19.6 Å². The van der Waals surface area contributed by atoms with E-state index >= 15 is 0 Å². The average molecular weight is 463 g/mol. The molecule has 34 heavy (non-hydrogen) atoms. The van der Waals surface area contributed by atoms with Crippen LogP contribution in [0.2, 0.25) is 0 Å². The number of fused-ring (bicyclic) bond motifs is 3. The van der Waals surface area contributed by atoms with Crippen molar-refractivity contribution in [1.82, 2.24) is 10.2 Å². The Hall–Kier alpha value is -3.35. The van der Waals surface area contributed by atoms with Gasteiger partial charge in [0.1, 0.15) is 6.61 Å². The average Bonchev–Trinajstić information content (AvgIpc) is 3.42. The summed E-state index contributed by atoms with van der Waals surface area (Å²) in [7, 11) is 0. The molecule has 1 saturated heterocycles. The Labute approximate surface area is 199 Å². The Morgan fingerprint density at radius 1 is 1.00 bits per heavy atom. The quantitative estimate of drug-likeness (QED) is 0.654. The molecular formula is C27H30N2O5. The zero-order chi connectivity index (χ0) is 23.8. The van der Waals surface area contributed by atoms with E-state index in [-0.39, 0.29) is 48.5 Å². The van der Waals surface area contributed by atoms with Gasteiger partial charge in [0.15, 0.2) is 0 Å². The summed E-state index contributed by atoms with van der Waals surface area (Å²) in [6, 6.07) is 16.4. The summed E-state index contributed by atoms with van der Waals surface area (Å²) in [5.74, 6) is -0.494. The molecule has 0 bridgehead atoms. The summed E-state index contributed by atoms with van der Waals surface area (Å²) < 4.78 is 5.58. The Morgan fingerprint density at radius 2 is 1.65 bits per heavy atom. The largest absolute Gasteiger partial charge is 0.481 e. The number of carboxylic acid groups (broad SMARTS) is 1. The van der Waals surface area contributed by atoms with Crippen molar-refractivity contribution in [3.05, 3.63) is 59.7 Å². The molecule has 1 heterocycles. The van der Waals surface area contributed by atoms with Crippen LogP contribution in [0.1, 0.15) is 36.8 Å². The van der Waals surface area contributed by atoms with E-state index in [9.17, 15) is 14.4 Å². The van der Waals surface area contributed by atoms with E-state index in [1.807, 2.05) is 31.2 Å². The number of carboxylic acids is 1. The first kappa shape index (κ1) is 22.4. The number of hydrogen-bond acceptors (Lipinski definition) is 4. The van der Waals surface area contributed by atoms with Crippen molar-refractivity contribution in [2.45, 2.75) is 25.7 Å². The number of amides is 2. The van der Waals surface area contributed by atoms with Crippen LogP contribution in [-0.4, -0.2) is 54.2 Å². The molecule has 178 valence electrons. The highest BCUT2D eigenvalue weighted by Crippen LogP contribution is 2.44. The predicted octanol–water partition coefficient (Wildman–Crippen LogP) is 3.73. The lowest BCUT2D eigenvalue weighted by molar-refractivity contribution is -0.138. The van der Waals surface area contributed by atoms with Gasteiger partial charge in [-0.3, -0.25) is 9.59 Å². The van der Waals surface area contributed by atoms with Gasteiger partial charge in [-0.2, -0.15) is 0 Å². The number of carbonyl (C=O) groups is 3. The normalized spacial score (nSPS) is 24.9. The van der Waals surface area contributed by atoms with Gasteiger partial charge in [0, 0.05) is 31.5 Å². The summed E-state index contributed by atoms with van der Waals surface area (Å²) in [5.41, 5.74) is 4.72. The molecule has 1 saturated carbocycles. The van der Waals surface area contributed by atoms with E-state index in [0.717, 1.165) is 6.42 Å². The minimum absolute atomic E-state index is 0.0117. The van der Waals surface area contributed by atoms with E-state index in [4.69, 9.17) is 9.84 Å². The number of hydrogen-bond donors (Lipinski definition) is 2. The Kier molecular flexibility index (Phi) is 6.02. The Bertz CT molecular complexity index is 1070. The fraction of sp³-hybridized carbons (Fsp3) is 0.444. The maximum atomic E-state index is 12.8. The van der Waals surface area contributed by atoms with Gasteiger partial charge in [-0.05, 0) is 46.4 Å². The van der Waals surface area contributed by atoms with Crippen LogP contribution in [0.3, 0.4) is 0 Å². The highest BCUT2D eigenvalue weighted by atomic mass is 16.5. The summed E-state index contributed by atoms with van der Waals surface area (Å²) >= 11 is 0. The predicted molar refractivity (Wildman–Crippen MR) is 126 cm³/mol. The zero-order valence-corrected chi connectivity index (χ0v) is 19.3. The van der Waals surface area contributed by atoms with Crippen LogP contribution in [-0.2, 0) is 14.3 Å². The molecule has 2 fully saturated rings. The summed E-state index contributed by atoms with van der Waals surface area (Å²) in [5, 5.41) is 11.9. The molecule has 0 radical (unpaired) electrons. The second-order valence-corrected chi connectivity index (χ2v) is 9.89. The van der Waals surface area contributed by atoms with Crippen LogP contribution in [0.25, 0.3) is 11.1 Å². The molecule has 1 aliphatic heterocycles. The molecule has 4 atom stereocenters. The molecule has 3 aliphatic rings. The Balaban J connectivity index is 1.09. The second-order valence-electron chi connectivity index (χ2n) is 9.89. The molecule has 2 aromatic rings. The minimum Gasteiger partial charge on any atom is -0.481 e. The zero-order valence-electron chi connectivity index (χ0n) is 19.3. The first-order chi connectivity index (χ1) is 16.4. The highest BCUT2D eigenvalue weighted by molar-refractivity contribution is 5.82. The van der Waals surface area contributed by atoms with Crippen LogP contribution in [0.15, 0.2) is 48.5 Å². The van der Waals surface area contributed by atoms with Crippen molar-refractivity contribution in [2.24, 2.45) is 23.7 Å². The van der Waals surface area contributed by atoms with Crippen molar-refractivity contribution >= 4 is 18.0 Å². The highest BCUT2D eigenvalue weighted by Gasteiger charge is 2.47. The van der Waals surface area contributed by atoms with Crippen LogP contribution in [0, 0.1) is 23.7 Å². The van der Waals surface area contributed by atoms with Gasteiger partial charge in [-0.25, -0.2) is 4.79 Å². The number of carbonyl (C=O) groups excluding carboxylic acids is 2. The number of rotatable bonds is 7. The van der Waals surface area contributed by atoms with E-state index in [1.54, 1.807) is 4.90 Å². The lowest BCUT2D eigenvalue weighted by Gasteiger charge is -2.16. The van der Waals surface area contributed by atoms with Crippen LogP contribution in [0.5, 0.6) is 0 Å². The summed E-state index contributed by atoms with van der Waals surface area (Å²) in [4.78, 5) is 38.0. The SMILES string of the molecule is CC1CN(C(=O)C2CC2CNC(=O)OCC2c3ccccc3-c3ccccc32)CC1CC(=O)O. The van der Waals surface area contributed by atoms with Crippen molar-refractivity contribution < 1.29 is 24.2 Å². The molecule has 2 amide bonds. The molecule has 0 spiro atoms. The monoisotopic (exact) mass is 462 g/mol. The van der Waals surface area contributed by atoms with Gasteiger partial charge in [-0.1, -0.05) is 55.5 Å². The lowest BCUT2D eigenvalue weighted by atomic mass is 9.95. The van der Waals surface area contributed by atoms with Gasteiger partial charge < -0.3 is 20.1 Å². The Morgan fingerprint density at radius 3 is 2.29 bits per heavy atom. The van der Waals surface area contributed by atoms with Crippen LogP contribution < -0.4 is 5.32 Å². The number of nitrogens with one attached hydrogen (secondary N) is 1. The number of ether oxygens (including phenoxy) is 1. The fourth-order valence-electron chi connectivity index (χ4n) is 5.58. The molecule has 7 heteroatoms. The van der Waals surface area contributed by atoms with Crippen molar-refractivity contribution in [3.63, 3.8) is 0 Å². The summed E-state index contributed by atoms with van der Waals surface area (Å²) in [6.45, 7) is 3.80. The minimum atomic E-state index is -0.817. The number of aliphatic carboxylic acids is 1. The standard InChI is InChI=1S/C27H30N2O5/c1-16-13-29(14-18(16)11-25(30)31)26(32)23-10-17(23)12-28-27(33)34-15-24-21-8-4-2-6-19(21)20-7-3-5-9-22(20)24/h2-9,16-18,23-24H,10-15H2,1H3,(H,28,33)(H,30,31). The molecular weight excluding hydrogens is 432 g/mol. The smallest absolute Gasteiger partial charge is 0.407 e. The molecule has 4 unspecified atom stereocenters.